The van der Waals surface area contributed by atoms with E-state index < -0.39 is 9.92 Å². The Labute approximate surface area is 117 Å². The molecule has 0 saturated heterocycles. The predicted octanol–water partition coefficient (Wildman–Crippen LogP) is 3.15. The molecule has 1 atom stereocenters. The third kappa shape index (κ3) is 3.94. The molecule has 2 N–H and O–H groups in total. The van der Waals surface area contributed by atoms with E-state index >= 15 is 0 Å². The number of unbranched alkanes of at least 4 members (excludes halogenated alkanes) is 1. The van der Waals surface area contributed by atoms with Crippen molar-refractivity contribution in [3.05, 3.63) is 24.3 Å². The van der Waals surface area contributed by atoms with Crippen LogP contribution in [0, 0.1) is 0 Å². The first-order chi connectivity index (χ1) is 8.91. The van der Waals surface area contributed by atoms with Crippen LogP contribution >= 0.6 is 0 Å². The second kappa shape index (κ2) is 6.91. The number of benzene rings is 1. The highest BCUT2D eigenvalue weighted by Crippen LogP contribution is 2.21. The highest BCUT2D eigenvalue weighted by Gasteiger charge is 2.21. The van der Waals surface area contributed by atoms with Crippen LogP contribution < -0.4 is 5.73 Å². The van der Waals surface area contributed by atoms with Crippen molar-refractivity contribution < 1.29 is 4.21 Å². The maximum atomic E-state index is 13.2. The van der Waals surface area contributed by atoms with Gasteiger partial charge in [0.1, 0.15) is 9.92 Å². The zero-order valence-corrected chi connectivity index (χ0v) is 13.1. The summed E-state index contributed by atoms with van der Waals surface area (Å²) in [7, 11) is -0.672. The zero-order valence-electron chi connectivity index (χ0n) is 12.3. The van der Waals surface area contributed by atoms with Gasteiger partial charge in [-0.1, -0.05) is 13.3 Å². The van der Waals surface area contributed by atoms with Gasteiger partial charge >= 0.3 is 0 Å². The first kappa shape index (κ1) is 16.0. The molecule has 108 valence electrons. The fourth-order valence-electron chi connectivity index (χ4n) is 1.61. The quantitative estimate of drug-likeness (QED) is 0.644. The molecule has 1 unspecified atom stereocenters. The number of nitrogen functional groups attached to an aromatic ring is 1. The van der Waals surface area contributed by atoms with Gasteiger partial charge in [-0.05, 0) is 44.5 Å². The minimum atomic E-state index is -2.53. The molecule has 1 aromatic carbocycles. The number of nitrogens with two attached hydrogens (primary N) is 1. The van der Waals surface area contributed by atoms with Gasteiger partial charge in [0.15, 0.2) is 0 Å². The fraction of sp³-hybridized carbons (Fsp3) is 0.571. The molecule has 0 bridgehead atoms. The van der Waals surface area contributed by atoms with Crippen molar-refractivity contribution in [2.75, 3.05) is 19.3 Å². The summed E-state index contributed by atoms with van der Waals surface area (Å²) in [6, 6.07) is 7.34. The van der Waals surface area contributed by atoms with Gasteiger partial charge in [0.25, 0.3) is 0 Å². The summed E-state index contributed by atoms with van der Waals surface area (Å²) in [5, 5.41) is 0. The Kier molecular flexibility index (Phi) is 5.82. The summed E-state index contributed by atoms with van der Waals surface area (Å²) in [5.74, 6) is 0. The summed E-state index contributed by atoms with van der Waals surface area (Å²) in [4.78, 5) is 0.731. The first-order valence-electron chi connectivity index (χ1n) is 6.73. The van der Waals surface area contributed by atoms with Gasteiger partial charge in [0, 0.05) is 25.3 Å². The van der Waals surface area contributed by atoms with E-state index in [1.807, 2.05) is 37.3 Å². The molecule has 0 spiro atoms. The molecule has 0 aliphatic rings. The molecule has 5 heteroatoms. The number of hydrogen-bond acceptors (Lipinski definition) is 3. The van der Waals surface area contributed by atoms with Gasteiger partial charge in [0.05, 0.1) is 4.90 Å². The Hall–Kier alpha value is -1.07. The van der Waals surface area contributed by atoms with Crippen molar-refractivity contribution in [3.63, 3.8) is 0 Å². The van der Waals surface area contributed by atoms with Crippen molar-refractivity contribution in [3.8, 4) is 0 Å². The predicted molar refractivity (Wildman–Crippen MR) is 82.4 cm³/mol. The topological polar surface area (TPSA) is 58.7 Å². The molecule has 0 aliphatic heterocycles. The summed E-state index contributed by atoms with van der Waals surface area (Å²) >= 11 is 0. The van der Waals surface area contributed by atoms with Crippen LogP contribution in [0.25, 0.3) is 0 Å². The van der Waals surface area contributed by atoms with E-state index in [0.29, 0.717) is 12.2 Å². The average molecular weight is 283 g/mol. The van der Waals surface area contributed by atoms with Crippen molar-refractivity contribution in [2.24, 2.45) is 4.36 Å². The zero-order chi connectivity index (χ0) is 14.5. The molecule has 0 radical (unpaired) electrons. The third-order valence-corrected chi connectivity index (χ3v) is 5.70. The Balaban J connectivity index is 3.22. The van der Waals surface area contributed by atoms with E-state index in [9.17, 15) is 4.21 Å². The highest BCUT2D eigenvalue weighted by molar-refractivity contribution is 7.91. The second-order valence-corrected chi connectivity index (χ2v) is 7.21. The highest BCUT2D eigenvalue weighted by atomic mass is 32.2. The lowest BCUT2D eigenvalue weighted by Crippen LogP contribution is -2.33. The largest absolute Gasteiger partial charge is 0.399 e. The summed E-state index contributed by atoms with van der Waals surface area (Å²) < 4.78 is 19.6. The fourth-order valence-corrected chi connectivity index (χ4v) is 3.71. The molecule has 0 saturated carbocycles. The van der Waals surface area contributed by atoms with E-state index in [0.717, 1.165) is 17.7 Å². The minimum absolute atomic E-state index is 0.162. The molecular formula is C14H25N3OS. The van der Waals surface area contributed by atoms with Crippen molar-refractivity contribution in [1.82, 2.24) is 4.31 Å². The molecular weight excluding hydrogens is 258 g/mol. The van der Waals surface area contributed by atoms with E-state index in [1.54, 1.807) is 12.1 Å². The Morgan fingerprint density at radius 2 is 1.89 bits per heavy atom. The van der Waals surface area contributed by atoms with Gasteiger partial charge in [-0.3, -0.25) is 0 Å². The van der Waals surface area contributed by atoms with Crippen LogP contribution in [0.4, 0.5) is 5.69 Å². The van der Waals surface area contributed by atoms with Crippen LogP contribution in [0.2, 0.25) is 0 Å². The van der Waals surface area contributed by atoms with Gasteiger partial charge in [0.2, 0.25) is 0 Å². The second-order valence-electron chi connectivity index (χ2n) is 4.91. The molecule has 0 fully saturated rings. The summed E-state index contributed by atoms with van der Waals surface area (Å²) in [6.45, 7) is 6.77. The van der Waals surface area contributed by atoms with E-state index in [4.69, 9.17) is 5.73 Å². The molecule has 4 nitrogen and oxygen atoms in total. The van der Waals surface area contributed by atoms with Crippen LogP contribution in [0.5, 0.6) is 0 Å². The van der Waals surface area contributed by atoms with Gasteiger partial charge in [-0.25, -0.2) is 12.9 Å². The van der Waals surface area contributed by atoms with E-state index in [-0.39, 0.29) is 6.04 Å². The first-order valence-corrected chi connectivity index (χ1v) is 8.20. The average Bonchev–Trinajstić information content (AvgIpc) is 2.38. The third-order valence-electron chi connectivity index (χ3n) is 3.08. The monoisotopic (exact) mass is 283 g/mol. The molecule has 0 amide bonds. The van der Waals surface area contributed by atoms with Crippen LogP contribution in [0.1, 0.15) is 33.6 Å². The Morgan fingerprint density at radius 1 is 1.32 bits per heavy atom. The number of hydrogen-bond donors (Lipinski definition) is 1. The summed E-state index contributed by atoms with van der Waals surface area (Å²) in [5.41, 5.74) is 6.36. The lowest BCUT2D eigenvalue weighted by atomic mass is 10.3. The van der Waals surface area contributed by atoms with E-state index in [1.165, 1.54) is 0 Å². The van der Waals surface area contributed by atoms with Gasteiger partial charge in [-0.15, -0.1) is 0 Å². The van der Waals surface area contributed by atoms with Crippen LogP contribution in [-0.2, 0) is 9.92 Å². The standard InChI is InChI=1S/C14H25N3OS/c1-5-6-11-16-19(18,17(4)12(2)3)14-9-7-13(15)8-10-14/h7-10,12H,5-6,11,15H2,1-4H3. The molecule has 1 aromatic rings. The van der Waals surface area contributed by atoms with Crippen LogP contribution in [0.15, 0.2) is 33.5 Å². The van der Waals surface area contributed by atoms with Crippen LogP contribution in [-0.4, -0.2) is 28.1 Å². The SMILES string of the molecule is CCCCN=S(=O)(c1ccc(N)cc1)N(C)C(C)C. The molecule has 19 heavy (non-hydrogen) atoms. The van der Waals surface area contributed by atoms with Gasteiger partial charge < -0.3 is 5.73 Å². The number of anilines is 1. The molecule has 0 heterocycles. The van der Waals surface area contributed by atoms with Gasteiger partial charge in [-0.2, -0.15) is 0 Å². The molecule has 0 aliphatic carbocycles. The molecule has 1 rings (SSSR count). The van der Waals surface area contributed by atoms with Crippen LogP contribution in [0.3, 0.4) is 0 Å². The maximum Gasteiger partial charge on any atom is 0.139 e. The number of rotatable bonds is 6. The molecule has 0 aromatic heterocycles. The lowest BCUT2D eigenvalue weighted by Gasteiger charge is -2.25. The minimum Gasteiger partial charge on any atom is -0.399 e. The van der Waals surface area contributed by atoms with Crippen molar-refractivity contribution in [2.45, 2.75) is 44.6 Å². The smallest absolute Gasteiger partial charge is 0.139 e. The van der Waals surface area contributed by atoms with E-state index in [2.05, 4.69) is 11.3 Å². The number of nitrogens with zero attached hydrogens (tertiary/aromatic N) is 2. The normalized spacial score (nSPS) is 14.6. The van der Waals surface area contributed by atoms with Crippen molar-refractivity contribution in [1.29, 1.82) is 0 Å². The lowest BCUT2D eigenvalue weighted by molar-refractivity contribution is 0.436. The Morgan fingerprint density at radius 3 is 2.37 bits per heavy atom. The Bertz CT molecular complexity index is 502. The van der Waals surface area contributed by atoms with Crippen molar-refractivity contribution >= 4 is 15.6 Å². The maximum absolute atomic E-state index is 13.2. The summed E-state index contributed by atoms with van der Waals surface area (Å²) in [6.07, 6.45) is 2.00.